The van der Waals surface area contributed by atoms with Gasteiger partial charge in [-0.15, -0.1) is 0 Å². The minimum Gasteiger partial charge on any atom is -0.383 e. The number of guanidine groups is 1. The molecule has 0 aromatic heterocycles. The van der Waals surface area contributed by atoms with Gasteiger partial charge in [-0.2, -0.15) is 0 Å². The molecule has 0 radical (unpaired) electrons. The third kappa shape index (κ3) is 5.11. The number of hydrogen-bond acceptors (Lipinski definition) is 3. The third-order valence-electron chi connectivity index (χ3n) is 2.25. The van der Waals surface area contributed by atoms with Gasteiger partial charge in [-0.25, -0.2) is 15.2 Å². The first kappa shape index (κ1) is 14.4. The maximum Gasteiger partial charge on any atom is 0.206 e. The standard InChI is InChI=1S/C12H19FN4O/c1-9(8-18-2)16-12(17-14)15-7-10-4-3-5-11(13)6-10/h3-6,9H,7-8,14H2,1-2H3,(H2,15,16,17). The first-order chi connectivity index (χ1) is 8.65. The lowest BCUT2D eigenvalue weighted by atomic mass is 10.2. The van der Waals surface area contributed by atoms with Crippen LogP contribution in [0.4, 0.5) is 4.39 Å². The lowest BCUT2D eigenvalue weighted by molar-refractivity contribution is 0.179. The van der Waals surface area contributed by atoms with Crippen molar-refractivity contribution in [3.63, 3.8) is 0 Å². The van der Waals surface area contributed by atoms with Gasteiger partial charge in [0.2, 0.25) is 5.96 Å². The molecule has 18 heavy (non-hydrogen) atoms. The van der Waals surface area contributed by atoms with Crippen molar-refractivity contribution >= 4 is 5.96 Å². The molecule has 0 heterocycles. The molecule has 0 saturated heterocycles. The number of aliphatic imine (C=N–C) groups is 1. The molecule has 4 N–H and O–H groups in total. The highest BCUT2D eigenvalue weighted by Crippen LogP contribution is 2.04. The van der Waals surface area contributed by atoms with Crippen LogP contribution in [0.1, 0.15) is 12.5 Å². The normalized spacial score (nSPS) is 13.2. The van der Waals surface area contributed by atoms with Gasteiger partial charge in [0.1, 0.15) is 5.82 Å². The molecular formula is C12H19FN4O. The Morgan fingerprint density at radius 2 is 2.33 bits per heavy atom. The quantitative estimate of drug-likeness (QED) is 0.314. The van der Waals surface area contributed by atoms with Gasteiger partial charge in [-0.3, -0.25) is 5.43 Å². The minimum absolute atomic E-state index is 0.0808. The number of hydrogen-bond donors (Lipinski definition) is 3. The number of benzene rings is 1. The molecule has 0 aliphatic rings. The Balaban J connectivity index is 2.57. The lowest BCUT2D eigenvalue weighted by Crippen LogP contribution is -2.46. The van der Waals surface area contributed by atoms with Crippen LogP contribution in [0.5, 0.6) is 0 Å². The first-order valence-electron chi connectivity index (χ1n) is 5.66. The van der Waals surface area contributed by atoms with E-state index in [0.29, 0.717) is 19.1 Å². The Kier molecular flexibility index (Phi) is 6.10. The molecule has 6 heteroatoms. The Labute approximate surface area is 106 Å². The van der Waals surface area contributed by atoms with Gasteiger partial charge >= 0.3 is 0 Å². The summed E-state index contributed by atoms with van der Waals surface area (Å²) in [6, 6.07) is 6.37. The van der Waals surface area contributed by atoms with Crippen molar-refractivity contribution < 1.29 is 9.13 Å². The second-order valence-corrected chi connectivity index (χ2v) is 3.94. The second-order valence-electron chi connectivity index (χ2n) is 3.94. The Morgan fingerprint density at radius 1 is 1.56 bits per heavy atom. The Morgan fingerprint density at radius 3 is 2.94 bits per heavy atom. The molecule has 0 aliphatic carbocycles. The van der Waals surface area contributed by atoms with Crippen LogP contribution in [0.25, 0.3) is 0 Å². The van der Waals surface area contributed by atoms with Crippen molar-refractivity contribution in [1.29, 1.82) is 0 Å². The zero-order chi connectivity index (χ0) is 13.4. The molecule has 0 saturated carbocycles. The van der Waals surface area contributed by atoms with E-state index in [0.717, 1.165) is 5.56 Å². The van der Waals surface area contributed by atoms with E-state index in [1.807, 2.05) is 6.92 Å². The average molecular weight is 254 g/mol. The van der Waals surface area contributed by atoms with E-state index in [9.17, 15) is 4.39 Å². The van der Waals surface area contributed by atoms with Crippen LogP contribution in [0, 0.1) is 5.82 Å². The fraction of sp³-hybridized carbons (Fsp3) is 0.417. The molecule has 1 aromatic carbocycles. The number of halogens is 1. The number of nitrogens with zero attached hydrogens (tertiary/aromatic N) is 1. The van der Waals surface area contributed by atoms with E-state index in [4.69, 9.17) is 10.6 Å². The number of ether oxygens (including phenoxy) is 1. The molecule has 0 amide bonds. The number of rotatable bonds is 5. The predicted octanol–water partition coefficient (Wildman–Crippen LogP) is 0.770. The van der Waals surface area contributed by atoms with E-state index < -0.39 is 0 Å². The topological polar surface area (TPSA) is 71.7 Å². The lowest BCUT2D eigenvalue weighted by Gasteiger charge is -2.15. The van der Waals surface area contributed by atoms with E-state index >= 15 is 0 Å². The van der Waals surface area contributed by atoms with Gasteiger partial charge in [-0.05, 0) is 24.6 Å². The van der Waals surface area contributed by atoms with Crippen LogP contribution in [0.15, 0.2) is 29.3 Å². The van der Waals surface area contributed by atoms with E-state index in [1.54, 1.807) is 19.2 Å². The minimum atomic E-state index is -0.273. The molecule has 1 rings (SSSR count). The largest absolute Gasteiger partial charge is 0.383 e. The van der Waals surface area contributed by atoms with Crippen LogP contribution >= 0.6 is 0 Å². The zero-order valence-corrected chi connectivity index (χ0v) is 10.6. The molecular weight excluding hydrogens is 235 g/mol. The molecule has 0 bridgehead atoms. The molecule has 1 aromatic rings. The summed E-state index contributed by atoms with van der Waals surface area (Å²) in [6.07, 6.45) is 0. The number of hydrazine groups is 1. The highest BCUT2D eigenvalue weighted by atomic mass is 19.1. The first-order valence-corrected chi connectivity index (χ1v) is 5.66. The smallest absolute Gasteiger partial charge is 0.206 e. The van der Waals surface area contributed by atoms with Crippen molar-refractivity contribution in [3.05, 3.63) is 35.6 Å². The van der Waals surface area contributed by atoms with Crippen molar-refractivity contribution in [2.24, 2.45) is 10.8 Å². The average Bonchev–Trinajstić information content (AvgIpc) is 2.35. The van der Waals surface area contributed by atoms with Gasteiger partial charge in [0.15, 0.2) is 0 Å². The maximum atomic E-state index is 13.0. The Bertz CT molecular complexity index is 397. The van der Waals surface area contributed by atoms with Crippen LogP contribution in [-0.2, 0) is 11.3 Å². The van der Waals surface area contributed by atoms with Gasteiger partial charge in [-0.1, -0.05) is 12.1 Å². The molecule has 0 fully saturated rings. The van der Waals surface area contributed by atoms with E-state index in [1.165, 1.54) is 12.1 Å². The number of nitrogens with two attached hydrogens (primary N) is 1. The summed E-state index contributed by atoms with van der Waals surface area (Å²) in [5.74, 6) is 5.53. The summed E-state index contributed by atoms with van der Waals surface area (Å²) in [4.78, 5) is 4.22. The predicted molar refractivity (Wildman–Crippen MR) is 69.3 cm³/mol. The summed E-state index contributed by atoms with van der Waals surface area (Å²) >= 11 is 0. The van der Waals surface area contributed by atoms with Crippen LogP contribution in [-0.4, -0.2) is 25.7 Å². The summed E-state index contributed by atoms with van der Waals surface area (Å²) in [7, 11) is 1.62. The van der Waals surface area contributed by atoms with Gasteiger partial charge in [0.05, 0.1) is 13.2 Å². The van der Waals surface area contributed by atoms with Crippen molar-refractivity contribution in [1.82, 2.24) is 10.7 Å². The van der Waals surface area contributed by atoms with Crippen molar-refractivity contribution in [2.45, 2.75) is 19.5 Å². The molecule has 1 atom stereocenters. The van der Waals surface area contributed by atoms with Crippen molar-refractivity contribution in [3.8, 4) is 0 Å². The molecule has 100 valence electrons. The molecule has 0 spiro atoms. The summed E-state index contributed by atoms with van der Waals surface area (Å²) in [6.45, 7) is 2.84. The van der Waals surface area contributed by atoms with Crippen LogP contribution < -0.4 is 16.6 Å². The third-order valence-corrected chi connectivity index (χ3v) is 2.25. The highest BCUT2D eigenvalue weighted by molar-refractivity contribution is 5.79. The highest BCUT2D eigenvalue weighted by Gasteiger charge is 2.03. The van der Waals surface area contributed by atoms with E-state index in [2.05, 4.69) is 15.7 Å². The second kappa shape index (κ2) is 7.62. The number of nitrogens with one attached hydrogen (secondary N) is 2. The number of methoxy groups -OCH3 is 1. The van der Waals surface area contributed by atoms with Crippen LogP contribution in [0.2, 0.25) is 0 Å². The van der Waals surface area contributed by atoms with Gasteiger partial charge < -0.3 is 10.1 Å². The summed E-state index contributed by atoms with van der Waals surface area (Å²) in [5.41, 5.74) is 3.25. The zero-order valence-electron chi connectivity index (χ0n) is 10.6. The van der Waals surface area contributed by atoms with Gasteiger partial charge in [0, 0.05) is 13.2 Å². The molecule has 1 unspecified atom stereocenters. The Hall–Kier alpha value is -1.66. The van der Waals surface area contributed by atoms with Crippen molar-refractivity contribution in [2.75, 3.05) is 13.7 Å². The molecule has 5 nitrogen and oxygen atoms in total. The fourth-order valence-electron chi connectivity index (χ4n) is 1.46. The summed E-state index contributed by atoms with van der Waals surface area (Å²) in [5, 5.41) is 3.05. The van der Waals surface area contributed by atoms with Crippen LogP contribution in [0.3, 0.4) is 0 Å². The molecule has 0 aliphatic heterocycles. The summed E-state index contributed by atoms with van der Waals surface area (Å²) < 4.78 is 18.0. The monoisotopic (exact) mass is 254 g/mol. The van der Waals surface area contributed by atoms with Gasteiger partial charge in [0.25, 0.3) is 0 Å². The maximum absolute atomic E-state index is 13.0. The SMILES string of the molecule is COCC(C)NC(=NCc1cccc(F)c1)NN. The fourth-order valence-corrected chi connectivity index (χ4v) is 1.46. The van der Waals surface area contributed by atoms with E-state index in [-0.39, 0.29) is 11.9 Å².